The maximum Gasteiger partial charge on any atom is 0.319 e. The van der Waals surface area contributed by atoms with Crippen molar-refractivity contribution >= 4 is 52.1 Å². The lowest BCUT2D eigenvalue weighted by atomic mass is 10.2. The van der Waals surface area contributed by atoms with Crippen LogP contribution in [0.1, 0.15) is 5.56 Å². The lowest BCUT2D eigenvalue weighted by Gasteiger charge is -2.31. The van der Waals surface area contributed by atoms with Gasteiger partial charge in [0.25, 0.3) is 0 Å². The zero-order valence-corrected chi connectivity index (χ0v) is 24.1. The van der Waals surface area contributed by atoms with Crippen LogP contribution < -0.4 is 35.6 Å². The summed E-state index contributed by atoms with van der Waals surface area (Å²) in [4.78, 5) is 23.6. The number of rotatable bonds is 10. The molecule has 1 aromatic heterocycles. The van der Waals surface area contributed by atoms with E-state index in [0.29, 0.717) is 53.7 Å². The Labute approximate surface area is 249 Å². The lowest BCUT2D eigenvalue weighted by Crippen LogP contribution is -2.36. The molecule has 4 N–H and O–H groups in total. The van der Waals surface area contributed by atoms with E-state index in [0.717, 1.165) is 35.8 Å². The van der Waals surface area contributed by atoms with E-state index in [1.54, 1.807) is 32.4 Å². The van der Waals surface area contributed by atoms with Gasteiger partial charge in [-0.2, -0.15) is 4.98 Å². The van der Waals surface area contributed by atoms with Crippen LogP contribution in [0, 0.1) is 0 Å². The lowest BCUT2D eigenvalue weighted by molar-refractivity contribution is 0.122. The van der Waals surface area contributed by atoms with Gasteiger partial charge < -0.3 is 40.4 Å². The maximum atomic E-state index is 12.4. The fraction of sp³-hybridized carbons (Fsp3) is 0.233. The summed E-state index contributed by atoms with van der Waals surface area (Å²) in [5, 5.41) is 12.5. The summed E-state index contributed by atoms with van der Waals surface area (Å²) in [7, 11) is 3.19. The molecule has 2 amide bonds. The van der Waals surface area contributed by atoms with Crippen molar-refractivity contribution in [2.75, 3.05) is 61.4 Å². The summed E-state index contributed by atoms with van der Waals surface area (Å²) < 4.78 is 16.8. The Morgan fingerprint density at radius 3 is 2.50 bits per heavy atom. The molecule has 5 rings (SSSR count). The van der Waals surface area contributed by atoms with Crippen molar-refractivity contribution in [3.8, 4) is 11.5 Å². The fourth-order valence-electron chi connectivity index (χ4n) is 4.49. The van der Waals surface area contributed by atoms with Crippen LogP contribution in [0.2, 0.25) is 5.02 Å². The van der Waals surface area contributed by atoms with Gasteiger partial charge >= 0.3 is 6.03 Å². The number of para-hydroxylation sites is 1. The number of methoxy groups -OCH3 is 2. The summed E-state index contributed by atoms with van der Waals surface area (Å²) in [6, 6.07) is 20.4. The number of morpholine rings is 1. The van der Waals surface area contributed by atoms with Gasteiger partial charge in [-0.1, -0.05) is 48.0 Å². The Morgan fingerprint density at radius 2 is 1.74 bits per heavy atom. The summed E-state index contributed by atoms with van der Waals surface area (Å²) in [5.41, 5.74) is 3.88. The second-order valence-electron chi connectivity index (χ2n) is 9.30. The van der Waals surface area contributed by atoms with E-state index in [2.05, 4.69) is 36.1 Å². The third kappa shape index (κ3) is 7.12. The van der Waals surface area contributed by atoms with Crippen LogP contribution in [-0.2, 0) is 11.3 Å². The highest BCUT2D eigenvalue weighted by atomic mass is 35.5. The molecule has 11 nitrogen and oxygen atoms in total. The summed E-state index contributed by atoms with van der Waals surface area (Å²) in [5.74, 6) is 1.95. The number of ether oxygens (including phenoxy) is 3. The molecule has 0 radical (unpaired) electrons. The number of amides is 2. The van der Waals surface area contributed by atoms with Crippen LogP contribution in [0.25, 0.3) is 0 Å². The largest absolute Gasteiger partial charge is 0.495 e. The summed E-state index contributed by atoms with van der Waals surface area (Å²) >= 11 is 6.50. The molecule has 1 aliphatic rings. The van der Waals surface area contributed by atoms with Gasteiger partial charge in [-0.15, -0.1) is 0 Å². The standard InChI is InChI=1S/C30H32ClN7O4/c1-40-25-10-6-9-24(27(25)38-13-15-42-16-14-38)35-28-22(31)19-32-29(37-28)36-23-12-11-21(17-26(23)41-2)34-30(39)33-18-20-7-4-3-5-8-20/h3-12,17,19H,13-16,18H2,1-2H3,(H2,33,34,39)(H2,32,35,36,37). The van der Waals surface area contributed by atoms with Crippen molar-refractivity contribution in [2.24, 2.45) is 0 Å². The number of benzene rings is 3. The van der Waals surface area contributed by atoms with E-state index in [1.807, 2.05) is 48.5 Å². The first-order valence-corrected chi connectivity index (χ1v) is 13.7. The number of hydrogen-bond acceptors (Lipinski definition) is 9. The molecule has 2 heterocycles. The minimum absolute atomic E-state index is 0.303. The smallest absolute Gasteiger partial charge is 0.319 e. The van der Waals surface area contributed by atoms with Crippen molar-refractivity contribution in [3.63, 3.8) is 0 Å². The first-order valence-electron chi connectivity index (χ1n) is 13.4. The van der Waals surface area contributed by atoms with Crippen molar-refractivity contribution in [3.05, 3.63) is 83.5 Å². The predicted octanol–water partition coefficient (Wildman–Crippen LogP) is 5.79. The molecule has 218 valence electrons. The monoisotopic (exact) mass is 589 g/mol. The molecule has 42 heavy (non-hydrogen) atoms. The highest BCUT2D eigenvalue weighted by Crippen LogP contribution is 2.39. The van der Waals surface area contributed by atoms with E-state index in [-0.39, 0.29) is 6.03 Å². The topological polar surface area (TPSA) is 122 Å². The third-order valence-corrected chi connectivity index (χ3v) is 6.82. The highest BCUT2D eigenvalue weighted by molar-refractivity contribution is 6.33. The van der Waals surface area contributed by atoms with Crippen LogP contribution in [0.3, 0.4) is 0 Å². The molecule has 0 unspecified atom stereocenters. The van der Waals surface area contributed by atoms with E-state index < -0.39 is 0 Å². The SMILES string of the molecule is COc1cc(NC(=O)NCc2ccccc2)ccc1Nc1ncc(Cl)c(Nc2cccc(OC)c2N2CCOCC2)n1. The molecule has 1 aliphatic heterocycles. The fourth-order valence-corrected chi connectivity index (χ4v) is 4.63. The van der Waals surface area contributed by atoms with Gasteiger partial charge in [0.2, 0.25) is 5.95 Å². The van der Waals surface area contributed by atoms with E-state index in [4.69, 9.17) is 25.8 Å². The Bertz CT molecular complexity index is 1520. The van der Waals surface area contributed by atoms with E-state index in [9.17, 15) is 4.79 Å². The number of nitrogens with zero attached hydrogens (tertiary/aromatic N) is 3. The molecular weight excluding hydrogens is 558 g/mol. The van der Waals surface area contributed by atoms with Crippen LogP contribution in [0.15, 0.2) is 72.9 Å². The van der Waals surface area contributed by atoms with Crippen LogP contribution in [-0.4, -0.2) is 56.5 Å². The summed E-state index contributed by atoms with van der Waals surface area (Å²) in [6.45, 7) is 3.15. The second-order valence-corrected chi connectivity index (χ2v) is 9.71. The predicted molar refractivity (Wildman–Crippen MR) is 165 cm³/mol. The number of anilines is 6. The molecule has 0 atom stereocenters. The minimum atomic E-state index is -0.327. The molecule has 0 saturated carbocycles. The zero-order chi connectivity index (χ0) is 29.3. The third-order valence-electron chi connectivity index (χ3n) is 6.55. The van der Waals surface area contributed by atoms with Crippen molar-refractivity contribution in [1.82, 2.24) is 15.3 Å². The van der Waals surface area contributed by atoms with E-state index >= 15 is 0 Å². The van der Waals surface area contributed by atoms with Gasteiger partial charge in [0.1, 0.15) is 22.2 Å². The number of hydrogen-bond donors (Lipinski definition) is 4. The van der Waals surface area contributed by atoms with Crippen molar-refractivity contribution < 1.29 is 19.0 Å². The van der Waals surface area contributed by atoms with Crippen LogP contribution in [0.5, 0.6) is 11.5 Å². The van der Waals surface area contributed by atoms with Gasteiger partial charge in [-0.05, 0) is 29.8 Å². The van der Waals surface area contributed by atoms with Crippen LogP contribution >= 0.6 is 11.6 Å². The Kier molecular flexibility index (Phi) is 9.42. The Balaban J connectivity index is 1.30. The first-order chi connectivity index (χ1) is 20.5. The molecule has 1 fully saturated rings. The van der Waals surface area contributed by atoms with Gasteiger partial charge in [0.05, 0.1) is 45.0 Å². The average Bonchev–Trinajstić information content (AvgIpc) is 3.03. The molecule has 4 aromatic rings. The number of carbonyl (C=O) groups excluding carboxylic acids is 1. The van der Waals surface area contributed by atoms with Crippen molar-refractivity contribution in [2.45, 2.75) is 6.54 Å². The first kappa shape index (κ1) is 28.8. The van der Waals surface area contributed by atoms with E-state index in [1.165, 1.54) is 6.20 Å². The molecule has 3 aromatic carbocycles. The number of aromatic nitrogens is 2. The molecule has 12 heteroatoms. The molecule has 0 bridgehead atoms. The van der Waals surface area contributed by atoms with Crippen LogP contribution in [0.4, 0.5) is 39.3 Å². The number of nitrogens with one attached hydrogen (secondary N) is 4. The van der Waals surface area contributed by atoms with Gasteiger partial charge in [0.15, 0.2) is 5.82 Å². The molecule has 0 spiro atoms. The van der Waals surface area contributed by atoms with Gasteiger partial charge in [-0.3, -0.25) is 0 Å². The molecule has 0 aliphatic carbocycles. The number of carbonyl (C=O) groups is 1. The molecular formula is C30H32ClN7O4. The second kappa shape index (κ2) is 13.7. The van der Waals surface area contributed by atoms with Gasteiger partial charge in [0, 0.05) is 31.4 Å². The normalized spacial score (nSPS) is 12.8. The zero-order valence-electron chi connectivity index (χ0n) is 23.3. The highest BCUT2D eigenvalue weighted by Gasteiger charge is 2.20. The Hall–Kier alpha value is -4.74. The molecule has 1 saturated heterocycles. The Morgan fingerprint density at radius 1 is 0.952 bits per heavy atom. The average molecular weight is 590 g/mol. The van der Waals surface area contributed by atoms with Gasteiger partial charge in [-0.25, -0.2) is 9.78 Å². The minimum Gasteiger partial charge on any atom is -0.495 e. The maximum absolute atomic E-state index is 12.4. The van der Waals surface area contributed by atoms with Crippen molar-refractivity contribution in [1.29, 1.82) is 0 Å². The number of urea groups is 1. The number of halogens is 1. The quantitative estimate of drug-likeness (QED) is 0.182. The summed E-state index contributed by atoms with van der Waals surface area (Å²) in [6.07, 6.45) is 1.52.